The first-order valence-electron chi connectivity index (χ1n) is 43.3. The van der Waals surface area contributed by atoms with Gasteiger partial charge in [-0.1, -0.05) is 273 Å². The van der Waals surface area contributed by atoms with E-state index in [1.54, 1.807) is 0 Å². The molecule has 0 saturated heterocycles. The molecule has 0 aliphatic rings. The summed E-state index contributed by atoms with van der Waals surface area (Å²) in [6.45, 7) is 0. The summed E-state index contributed by atoms with van der Waals surface area (Å²) in [7, 11) is 0. The fourth-order valence-electron chi connectivity index (χ4n) is 21.1. The van der Waals surface area contributed by atoms with E-state index in [0.717, 1.165) is 219 Å². The summed E-state index contributed by atoms with van der Waals surface area (Å²) in [6, 6.07) is 148. The van der Waals surface area contributed by atoms with Crippen molar-refractivity contribution in [3.05, 3.63) is 413 Å². The van der Waals surface area contributed by atoms with Gasteiger partial charge in [0, 0.05) is 120 Å². The number of fused-ring (bicyclic) bond motifs is 26. The van der Waals surface area contributed by atoms with E-state index in [-0.39, 0.29) is 0 Å². The molecule has 18 aromatic carbocycles. The molecule has 14 nitrogen and oxygen atoms in total. The molecule has 0 amide bonds. The molecule has 594 valence electrons. The highest BCUT2D eigenvalue weighted by atomic mass is 15.3. The van der Waals surface area contributed by atoms with Gasteiger partial charge in [-0.05, 0) is 151 Å². The van der Waals surface area contributed by atoms with E-state index in [9.17, 15) is 0 Å². The minimum Gasteiger partial charge on any atom is -0.309 e. The molecule has 0 fully saturated rings. The third-order valence-corrected chi connectivity index (χ3v) is 26.6. The van der Waals surface area contributed by atoms with Gasteiger partial charge in [0.05, 0.1) is 88.3 Å². The molecule has 0 aliphatic carbocycles. The molecule has 128 heavy (non-hydrogen) atoms. The van der Waals surface area contributed by atoms with Gasteiger partial charge in [-0.3, -0.25) is 18.3 Å². The Morgan fingerprint density at radius 3 is 0.820 bits per heavy atom. The maximum absolute atomic E-state index is 5.77. The van der Waals surface area contributed by atoms with E-state index in [2.05, 4.69) is 437 Å². The summed E-state index contributed by atoms with van der Waals surface area (Å²) in [5.41, 5.74) is 24.9. The molecule has 10 heterocycles. The highest BCUT2D eigenvalue weighted by Crippen LogP contribution is 2.48. The van der Waals surface area contributed by atoms with Crippen molar-refractivity contribution in [2.45, 2.75) is 0 Å². The standard InChI is InChI=1S/C114H68N14/c1-6-30-70(31-7-1)109-115-111(125-93-49-25-20-44-81(93)90-66-101-89(67-102(90)125)80-43-18-23-47-91(80)123(101)74-36-12-4-13-37-74)119-113(117-109)128-95-51-27-17-41-78(95)83-60-63-100-106(108(83)128)85-46-22-29-53-97(85)122(100)76-57-54-69(55-58-76)72-56-61-98-86(64-72)88-65-87-79-42-19-24-48-92(79)126(104(87)68-103(88)124(98)75-38-14-5-15-39-75)112-116-110(71-32-8-2-9-33-71)118-114(120-112)127-94-50-26-16-40-77(94)82-59-62-99-105(107(82)127)84-45-21-28-52-96(84)121(99)73-34-10-3-11-35-73/h1-68H. The van der Waals surface area contributed by atoms with Crippen LogP contribution >= 0.6 is 0 Å². The van der Waals surface area contributed by atoms with Gasteiger partial charge in [-0.25, -0.2) is 0 Å². The number of para-hydroxylation sites is 10. The van der Waals surface area contributed by atoms with Crippen LogP contribution in [0.4, 0.5) is 0 Å². The van der Waals surface area contributed by atoms with Crippen molar-refractivity contribution in [1.82, 2.24) is 66.4 Å². The normalized spacial score (nSPS) is 12.2. The van der Waals surface area contributed by atoms with Crippen LogP contribution in [0.15, 0.2) is 413 Å². The Hall–Kier alpha value is -17.6. The van der Waals surface area contributed by atoms with Gasteiger partial charge in [0.2, 0.25) is 23.8 Å². The lowest BCUT2D eigenvalue weighted by Gasteiger charge is -2.13. The maximum Gasteiger partial charge on any atom is 0.240 e. The Bertz CT molecular complexity index is 9560. The van der Waals surface area contributed by atoms with E-state index in [1.165, 1.54) is 0 Å². The Labute approximate surface area is 729 Å². The zero-order chi connectivity index (χ0) is 83.5. The van der Waals surface area contributed by atoms with Crippen LogP contribution in [0, 0.1) is 0 Å². The second-order valence-corrected chi connectivity index (χ2v) is 33.3. The van der Waals surface area contributed by atoms with Crippen molar-refractivity contribution in [3.8, 4) is 80.4 Å². The van der Waals surface area contributed by atoms with Gasteiger partial charge in [-0.2, -0.15) is 29.9 Å². The summed E-state index contributed by atoms with van der Waals surface area (Å²) in [5.74, 6) is 3.17. The molecule has 0 N–H and O–H groups in total. The second-order valence-electron chi connectivity index (χ2n) is 33.3. The first-order valence-corrected chi connectivity index (χ1v) is 43.3. The minimum absolute atomic E-state index is 0.504. The predicted molar refractivity (Wildman–Crippen MR) is 524 cm³/mol. The summed E-state index contributed by atoms with van der Waals surface area (Å²) in [4.78, 5) is 33.8. The highest BCUT2D eigenvalue weighted by Gasteiger charge is 2.30. The molecule has 0 radical (unpaired) electrons. The average Bonchev–Trinajstić information content (AvgIpc) is 1.55. The number of hydrogen-bond donors (Lipinski definition) is 0. The van der Waals surface area contributed by atoms with Crippen molar-refractivity contribution in [2.75, 3.05) is 0 Å². The molecule has 14 heteroatoms. The monoisotopic (exact) mass is 1630 g/mol. The van der Waals surface area contributed by atoms with Gasteiger partial charge in [0.15, 0.2) is 11.6 Å². The zero-order valence-corrected chi connectivity index (χ0v) is 68.5. The fourth-order valence-corrected chi connectivity index (χ4v) is 21.1. The summed E-state index contributed by atoms with van der Waals surface area (Å²) >= 11 is 0. The number of hydrogen-bond acceptors (Lipinski definition) is 6. The van der Waals surface area contributed by atoms with Crippen LogP contribution in [0.2, 0.25) is 0 Å². The third kappa shape index (κ3) is 10.1. The lowest BCUT2D eigenvalue weighted by Crippen LogP contribution is -2.10. The zero-order valence-electron chi connectivity index (χ0n) is 68.5. The lowest BCUT2D eigenvalue weighted by atomic mass is 10.0. The lowest BCUT2D eigenvalue weighted by molar-refractivity contribution is 0.893. The number of aromatic nitrogens is 14. The van der Waals surface area contributed by atoms with Crippen molar-refractivity contribution >= 4 is 174 Å². The molecule has 28 aromatic rings. The second kappa shape index (κ2) is 26.9. The Balaban J connectivity index is 0.607. The van der Waals surface area contributed by atoms with Crippen molar-refractivity contribution in [2.24, 2.45) is 0 Å². The van der Waals surface area contributed by atoms with Gasteiger partial charge < -0.3 is 18.3 Å². The number of rotatable bonds is 11. The molecular formula is C114H68N14. The van der Waals surface area contributed by atoms with Crippen LogP contribution in [0.3, 0.4) is 0 Å². The molecule has 0 spiro atoms. The van der Waals surface area contributed by atoms with Crippen LogP contribution in [-0.2, 0) is 0 Å². The molecule has 0 saturated carbocycles. The number of benzene rings is 18. The first-order chi connectivity index (χ1) is 63.5. The summed E-state index contributed by atoms with van der Waals surface area (Å²) < 4.78 is 18.7. The van der Waals surface area contributed by atoms with Crippen LogP contribution in [0.1, 0.15) is 0 Å². The van der Waals surface area contributed by atoms with E-state index < -0.39 is 0 Å². The maximum atomic E-state index is 5.77. The summed E-state index contributed by atoms with van der Waals surface area (Å²) in [6.07, 6.45) is 0. The van der Waals surface area contributed by atoms with Crippen LogP contribution < -0.4 is 0 Å². The Morgan fingerprint density at radius 2 is 0.398 bits per heavy atom. The SMILES string of the molecule is c1ccc(-c2nc(-n3c4ccccc4c4cc5c(cc43)c3ccccc3n5-c3ccccc3)nc(-n3c4ccccc4c4ccc5c(c6ccccc6n5-c5ccc(-c6ccc7c(c6)c6cc8c9ccccc9n(-c9nc(-c%10ccccc%10)nc(-n%10c%11ccccc%11c%11ccc%12c(c%13ccccc%13n%12-c%12ccccc%12)c%11%10)n9)c8cc6n7-c6ccccc6)cc5)c43)n2)cc1. The molecule has 0 bridgehead atoms. The van der Waals surface area contributed by atoms with Crippen LogP contribution in [-0.4, -0.2) is 66.4 Å². The molecule has 0 aliphatic heterocycles. The first kappa shape index (κ1) is 70.0. The molecule has 0 unspecified atom stereocenters. The topological polar surface area (TPSA) is 117 Å². The smallest absolute Gasteiger partial charge is 0.240 e. The molecule has 10 aromatic heterocycles. The van der Waals surface area contributed by atoms with Gasteiger partial charge >= 0.3 is 0 Å². The van der Waals surface area contributed by atoms with Crippen molar-refractivity contribution in [1.29, 1.82) is 0 Å². The average molecular weight is 1630 g/mol. The van der Waals surface area contributed by atoms with Crippen LogP contribution in [0.5, 0.6) is 0 Å². The van der Waals surface area contributed by atoms with Crippen molar-refractivity contribution in [3.63, 3.8) is 0 Å². The van der Waals surface area contributed by atoms with Gasteiger partial charge in [-0.15, -0.1) is 0 Å². The molecule has 0 atom stereocenters. The van der Waals surface area contributed by atoms with E-state index in [4.69, 9.17) is 29.9 Å². The van der Waals surface area contributed by atoms with E-state index >= 15 is 0 Å². The molecule has 28 rings (SSSR count). The van der Waals surface area contributed by atoms with Crippen LogP contribution in [0.25, 0.3) is 255 Å². The van der Waals surface area contributed by atoms with E-state index in [1.807, 2.05) is 12.1 Å². The van der Waals surface area contributed by atoms with Gasteiger partial charge in [0.25, 0.3) is 0 Å². The van der Waals surface area contributed by atoms with Gasteiger partial charge in [0.1, 0.15) is 0 Å². The highest BCUT2D eigenvalue weighted by molar-refractivity contribution is 6.29. The fraction of sp³-hybridized carbons (Fsp3) is 0. The third-order valence-electron chi connectivity index (χ3n) is 26.6. The number of nitrogens with zero attached hydrogens (tertiary/aromatic N) is 14. The molecular weight excluding hydrogens is 1570 g/mol. The summed E-state index contributed by atoms with van der Waals surface area (Å²) in [5, 5.41) is 17.8. The Morgan fingerprint density at radius 1 is 0.133 bits per heavy atom. The Kier molecular flexibility index (Phi) is 14.7. The van der Waals surface area contributed by atoms with E-state index in [0.29, 0.717) is 35.4 Å². The quantitative estimate of drug-likeness (QED) is 0.127. The minimum atomic E-state index is 0.504. The predicted octanol–water partition coefficient (Wildman–Crippen LogP) is 27.8. The van der Waals surface area contributed by atoms with Crippen molar-refractivity contribution < 1.29 is 0 Å². The largest absolute Gasteiger partial charge is 0.309 e.